The van der Waals surface area contributed by atoms with E-state index in [1.807, 2.05) is 67.6 Å². The minimum Gasteiger partial charge on any atom is -0.496 e. The summed E-state index contributed by atoms with van der Waals surface area (Å²) >= 11 is 12.4. The fourth-order valence-electron chi connectivity index (χ4n) is 10.4. The number of methoxy groups -OCH3 is 2. The number of hydrogen-bond acceptors (Lipinski definition) is 12. The van der Waals surface area contributed by atoms with Gasteiger partial charge in [0.25, 0.3) is 0 Å². The van der Waals surface area contributed by atoms with Gasteiger partial charge < -0.3 is 48.1 Å². The molecule has 3 heterocycles. The monoisotopic (exact) mass is 1160 g/mol. The zero-order valence-electron chi connectivity index (χ0n) is 47.7. The normalized spacial score (nSPS) is 17.1. The van der Waals surface area contributed by atoms with Crippen molar-refractivity contribution in [2.24, 2.45) is 0 Å². The topological polar surface area (TPSA) is 160 Å². The quantitative estimate of drug-likeness (QED) is 0.0326. The predicted octanol–water partition coefficient (Wildman–Crippen LogP) is 11.8. The van der Waals surface area contributed by atoms with Crippen LogP contribution in [0.5, 0.6) is 11.5 Å². The van der Waals surface area contributed by atoms with E-state index < -0.39 is 23.8 Å². The Morgan fingerprint density at radius 2 is 1.11 bits per heavy atom. The van der Waals surface area contributed by atoms with E-state index in [1.54, 1.807) is 55.2 Å². The molecule has 16 heteroatoms. The molecule has 3 aliphatic heterocycles. The maximum atomic E-state index is 13.9. The summed E-state index contributed by atoms with van der Waals surface area (Å²) in [6, 6.07) is 25.6. The fraction of sp³-hybridized carbons (Fsp3) is 0.455. The van der Waals surface area contributed by atoms with E-state index in [9.17, 15) is 24.3 Å². The number of ether oxygens (including phenoxy) is 7. The van der Waals surface area contributed by atoms with Gasteiger partial charge in [0.15, 0.2) is 0 Å². The summed E-state index contributed by atoms with van der Waals surface area (Å²) in [5, 5.41) is 10.4. The summed E-state index contributed by atoms with van der Waals surface area (Å²) in [5.41, 5.74) is 6.63. The summed E-state index contributed by atoms with van der Waals surface area (Å²) in [5.74, 6) is 12.0. The molecule has 0 aromatic heterocycles. The van der Waals surface area contributed by atoms with Crippen molar-refractivity contribution in [1.29, 1.82) is 0 Å². The van der Waals surface area contributed by atoms with Gasteiger partial charge in [-0.15, -0.1) is 0 Å². The van der Waals surface area contributed by atoms with Crippen molar-refractivity contribution in [3.63, 3.8) is 0 Å². The van der Waals surface area contributed by atoms with Gasteiger partial charge in [-0.1, -0.05) is 83.3 Å². The number of unbranched alkanes of at least 4 members (excludes halogenated alkanes) is 6. The highest BCUT2D eigenvalue weighted by molar-refractivity contribution is 6.30. The van der Waals surface area contributed by atoms with Crippen LogP contribution in [0.2, 0.25) is 10.0 Å². The maximum absolute atomic E-state index is 13.9. The smallest absolute Gasteiger partial charge is 0.336 e. The molecule has 1 saturated heterocycles. The van der Waals surface area contributed by atoms with Crippen molar-refractivity contribution in [2.45, 2.75) is 128 Å². The second-order valence-electron chi connectivity index (χ2n) is 20.5. The molecule has 7 rings (SSSR count). The Balaban J connectivity index is 0.770. The number of carbonyl (C=O) groups excluding carboxylic acids is 4. The number of carbonyl (C=O) groups is 4. The molecule has 4 aromatic rings. The van der Waals surface area contributed by atoms with Gasteiger partial charge in [-0.2, -0.15) is 0 Å². The zero-order chi connectivity index (χ0) is 58.2. The van der Waals surface area contributed by atoms with Gasteiger partial charge in [0.1, 0.15) is 24.7 Å². The summed E-state index contributed by atoms with van der Waals surface area (Å²) in [6.07, 6.45) is 9.09. The van der Waals surface area contributed by atoms with Gasteiger partial charge >= 0.3 is 11.9 Å². The lowest BCUT2D eigenvalue weighted by molar-refractivity contribution is -0.143. The molecule has 0 radical (unpaired) electrons. The molecule has 2 amide bonds. The van der Waals surface area contributed by atoms with E-state index >= 15 is 0 Å². The molecule has 3 aliphatic rings. The third-order valence-electron chi connectivity index (χ3n) is 14.9. The highest BCUT2D eigenvalue weighted by Gasteiger charge is 2.39. The van der Waals surface area contributed by atoms with Crippen LogP contribution >= 0.6 is 23.2 Å². The van der Waals surface area contributed by atoms with Crippen molar-refractivity contribution < 1.29 is 57.4 Å². The molecule has 14 nitrogen and oxygen atoms in total. The SMILES string of the molecule is COc1cc(C#CCCCCOCCOCCCCC#Cc2ccc(COC(=O)C3=C(C)N(CC4CCCO4)C(=O)C[C@H]3c3ccc(Cl)cc3)c(OC)c2)ccc1COC(=O)C1=C(C)N(CCCCCO)C(=O)C[C@H]1c1ccc(Cl)cc1. The van der Waals surface area contributed by atoms with E-state index in [1.165, 1.54) is 0 Å². The predicted molar refractivity (Wildman–Crippen MR) is 315 cm³/mol. The van der Waals surface area contributed by atoms with Crippen molar-refractivity contribution in [3.05, 3.63) is 151 Å². The van der Waals surface area contributed by atoms with Crippen molar-refractivity contribution in [1.82, 2.24) is 9.80 Å². The largest absolute Gasteiger partial charge is 0.496 e. The molecule has 1 unspecified atom stereocenters. The number of nitrogens with zero attached hydrogens (tertiary/aromatic N) is 2. The Kier molecular flexibility index (Phi) is 25.2. The lowest BCUT2D eigenvalue weighted by Gasteiger charge is -2.35. The summed E-state index contributed by atoms with van der Waals surface area (Å²) < 4.78 is 40.6. The average molecular weight is 1160 g/mol. The van der Waals surface area contributed by atoms with Crippen LogP contribution in [-0.4, -0.2) is 112 Å². The van der Waals surface area contributed by atoms with Gasteiger partial charge in [-0.05, 0) is 131 Å². The molecule has 1 N–H and O–H groups in total. The number of esters is 2. The first kappa shape index (κ1) is 63.0. The fourth-order valence-corrected chi connectivity index (χ4v) is 10.6. The first-order valence-electron chi connectivity index (χ1n) is 28.5. The zero-order valence-corrected chi connectivity index (χ0v) is 49.2. The average Bonchev–Trinajstić information content (AvgIpc) is 3.67. The lowest BCUT2D eigenvalue weighted by atomic mass is 9.83. The minimum absolute atomic E-state index is 0.0175. The highest BCUT2D eigenvalue weighted by Crippen LogP contribution is 2.40. The van der Waals surface area contributed by atoms with E-state index in [4.69, 9.17) is 56.4 Å². The molecule has 0 aliphatic carbocycles. The van der Waals surface area contributed by atoms with Gasteiger partial charge in [0.05, 0.1) is 51.2 Å². The molecular formula is C66H76Cl2N2O12. The van der Waals surface area contributed by atoms with Crippen LogP contribution in [0.1, 0.15) is 143 Å². The van der Waals surface area contributed by atoms with Crippen LogP contribution in [0.15, 0.2) is 107 Å². The van der Waals surface area contributed by atoms with Crippen LogP contribution in [0.25, 0.3) is 0 Å². The molecule has 0 bridgehead atoms. The third-order valence-corrected chi connectivity index (χ3v) is 15.4. The number of amides is 2. The highest BCUT2D eigenvalue weighted by atomic mass is 35.5. The lowest BCUT2D eigenvalue weighted by Crippen LogP contribution is -2.42. The summed E-state index contributed by atoms with van der Waals surface area (Å²) in [7, 11) is 3.15. The number of allylic oxidation sites excluding steroid dienone is 2. The van der Waals surface area contributed by atoms with Crippen LogP contribution in [0, 0.1) is 23.7 Å². The van der Waals surface area contributed by atoms with Gasteiger partial charge in [-0.25, -0.2) is 9.59 Å². The van der Waals surface area contributed by atoms with E-state index in [2.05, 4.69) is 23.7 Å². The van der Waals surface area contributed by atoms with E-state index in [0.29, 0.717) is 127 Å². The molecule has 1 fully saturated rings. The molecule has 4 aromatic carbocycles. The Morgan fingerprint density at radius 1 is 0.622 bits per heavy atom. The van der Waals surface area contributed by atoms with Gasteiger partial charge in [0, 0.05) is 114 Å². The first-order chi connectivity index (χ1) is 39.9. The maximum Gasteiger partial charge on any atom is 0.336 e. The Hall–Kier alpha value is -6.62. The molecule has 0 saturated carbocycles. The van der Waals surface area contributed by atoms with Gasteiger partial charge in [0.2, 0.25) is 11.8 Å². The van der Waals surface area contributed by atoms with Crippen LogP contribution in [0.4, 0.5) is 0 Å². The number of rotatable bonds is 28. The molecule has 0 spiro atoms. The van der Waals surface area contributed by atoms with Gasteiger partial charge in [-0.3, -0.25) is 9.59 Å². The van der Waals surface area contributed by atoms with Crippen molar-refractivity contribution in [2.75, 3.05) is 67.0 Å². The van der Waals surface area contributed by atoms with Crippen LogP contribution in [0.3, 0.4) is 0 Å². The first-order valence-corrected chi connectivity index (χ1v) is 29.2. The molecule has 3 atom stereocenters. The Labute approximate surface area is 493 Å². The molecule has 436 valence electrons. The molecular weight excluding hydrogens is 1080 g/mol. The van der Waals surface area contributed by atoms with Crippen molar-refractivity contribution in [3.8, 4) is 35.2 Å². The van der Waals surface area contributed by atoms with Crippen molar-refractivity contribution >= 4 is 47.0 Å². The third kappa shape index (κ3) is 18.2. The number of benzene rings is 4. The summed E-state index contributed by atoms with van der Waals surface area (Å²) in [6.45, 7) is 7.46. The standard InChI is InChI=1S/C66H76Cl2N2O12/c1-46-63(57(50-24-28-54(67)29-25-50)41-61(72)69(46)32-12-9-13-33-71)65(74)81-44-52-22-20-48(39-59(52)76-3)17-10-5-7-14-34-78-37-38-79-35-15-8-6-11-18-49-21-23-53(60(40-49)77-4)45-82-66(75)64-47(2)70(43-56-19-16-36-80-56)62(73)42-58(64)51-26-30-55(68)31-27-51/h20-31,39-40,56-58,71H,5-9,12-16,19,32-38,41-45H2,1-4H3/t56?,57-,58-/m0/s1. The number of aliphatic hydroxyl groups is 1. The number of aliphatic hydroxyl groups excluding tert-OH is 1. The summed E-state index contributed by atoms with van der Waals surface area (Å²) in [4.78, 5) is 58.0. The van der Waals surface area contributed by atoms with E-state index in [-0.39, 0.29) is 50.6 Å². The van der Waals surface area contributed by atoms with Crippen LogP contribution in [-0.2, 0) is 56.1 Å². The van der Waals surface area contributed by atoms with Crippen LogP contribution < -0.4 is 9.47 Å². The number of halogens is 2. The molecule has 82 heavy (non-hydrogen) atoms. The van der Waals surface area contributed by atoms with E-state index in [0.717, 1.165) is 67.2 Å². The second-order valence-corrected chi connectivity index (χ2v) is 21.4. The Morgan fingerprint density at radius 3 is 1.57 bits per heavy atom. The second kappa shape index (κ2) is 32.9. The Bertz CT molecular complexity index is 3000. The minimum atomic E-state index is -0.500. The number of hydrogen-bond donors (Lipinski definition) is 1.